The Morgan fingerprint density at radius 3 is 2.79 bits per heavy atom. The molecule has 2 N–H and O–H groups in total. The van der Waals surface area contributed by atoms with E-state index in [2.05, 4.69) is 61.1 Å². The van der Waals surface area contributed by atoms with Crippen molar-refractivity contribution >= 4 is 28.1 Å². The van der Waals surface area contributed by atoms with Gasteiger partial charge in [0, 0.05) is 63.3 Å². The van der Waals surface area contributed by atoms with Crippen LogP contribution in [0.5, 0.6) is 0 Å². The lowest BCUT2D eigenvalue weighted by Gasteiger charge is -2.20. The topological polar surface area (TPSA) is 55.8 Å². The first-order valence-electron chi connectivity index (χ1n) is 10.3. The summed E-state index contributed by atoms with van der Waals surface area (Å²) in [6, 6.07) is 11.1. The van der Waals surface area contributed by atoms with Crippen molar-refractivity contribution in [2.24, 2.45) is 4.99 Å². The Kier molecular flexibility index (Phi) is 6.31. The standard InChI is InChI=1S/C21H30N6S/c1-22-20(24-17-10-14-27(15-17)19-7-3-2-4-8-19)23-11-9-18-16-28-21(25-18)26-12-5-6-13-26/h2-4,7-8,16-17H,5-6,9-15H2,1H3,(H2,22,23,24). The molecule has 1 aromatic heterocycles. The third kappa shape index (κ3) is 4.76. The second-order valence-corrected chi connectivity index (χ2v) is 8.31. The van der Waals surface area contributed by atoms with E-state index in [1.807, 2.05) is 7.05 Å². The van der Waals surface area contributed by atoms with Crippen LogP contribution in [0.4, 0.5) is 10.8 Å². The van der Waals surface area contributed by atoms with Gasteiger partial charge in [-0.3, -0.25) is 4.99 Å². The molecule has 1 unspecified atom stereocenters. The number of nitrogens with zero attached hydrogens (tertiary/aromatic N) is 4. The summed E-state index contributed by atoms with van der Waals surface area (Å²) >= 11 is 1.77. The molecule has 0 saturated carbocycles. The van der Waals surface area contributed by atoms with Crippen LogP contribution in [0.15, 0.2) is 40.7 Å². The highest BCUT2D eigenvalue weighted by molar-refractivity contribution is 7.13. The molecule has 28 heavy (non-hydrogen) atoms. The Morgan fingerprint density at radius 2 is 2.00 bits per heavy atom. The van der Waals surface area contributed by atoms with Crippen LogP contribution in [-0.4, -0.2) is 56.8 Å². The fraction of sp³-hybridized carbons (Fsp3) is 0.524. The van der Waals surface area contributed by atoms with Crippen molar-refractivity contribution in [3.05, 3.63) is 41.4 Å². The van der Waals surface area contributed by atoms with E-state index in [1.54, 1.807) is 11.3 Å². The Hall–Kier alpha value is -2.28. The average Bonchev–Trinajstić information content (AvgIpc) is 3.49. The van der Waals surface area contributed by atoms with Crippen LogP contribution in [0.25, 0.3) is 0 Å². The number of nitrogens with one attached hydrogen (secondary N) is 2. The van der Waals surface area contributed by atoms with E-state index < -0.39 is 0 Å². The Labute approximate surface area is 171 Å². The van der Waals surface area contributed by atoms with Crippen molar-refractivity contribution in [2.75, 3.05) is 49.6 Å². The number of aromatic nitrogens is 1. The van der Waals surface area contributed by atoms with E-state index >= 15 is 0 Å². The minimum absolute atomic E-state index is 0.424. The smallest absolute Gasteiger partial charge is 0.191 e. The molecule has 0 aliphatic carbocycles. The fourth-order valence-electron chi connectivity index (χ4n) is 3.91. The van der Waals surface area contributed by atoms with Crippen molar-refractivity contribution in [1.29, 1.82) is 0 Å². The van der Waals surface area contributed by atoms with Crippen LogP contribution in [0.1, 0.15) is 25.0 Å². The van der Waals surface area contributed by atoms with Crippen molar-refractivity contribution in [1.82, 2.24) is 15.6 Å². The number of aliphatic imine (C=N–C) groups is 1. The van der Waals surface area contributed by atoms with E-state index in [4.69, 9.17) is 4.98 Å². The number of benzene rings is 1. The van der Waals surface area contributed by atoms with Gasteiger partial charge in [-0.05, 0) is 31.4 Å². The van der Waals surface area contributed by atoms with Gasteiger partial charge in [0.05, 0.1) is 5.69 Å². The maximum absolute atomic E-state index is 4.80. The van der Waals surface area contributed by atoms with Gasteiger partial charge in [0.15, 0.2) is 11.1 Å². The summed E-state index contributed by atoms with van der Waals surface area (Å²) in [5, 5.41) is 10.4. The van der Waals surface area contributed by atoms with Gasteiger partial charge in [0.1, 0.15) is 0 Å². The summed E-state index contributed by atoms with van der Waals surface area (Å²) in [6.45, 7) is 5.25. The van der Waals surface area contributed by atoms with Gasteiger partial charge in [-0.2, -0.15) is 0 Å². The fourth-order valence-corrected chi connectivity index (χ4v) is 4.83. The van der Waals surface area contributed by atoms with Gasteiger partial charge >= 0.3 is 0 Å². The Morgan fingerprint density at radius 1 is 1.18 bits per heavy atom. The van der Waals surface area contributed by atoms with Gasteiger partial charge in [-0.1, -0.05) is 18.2 Å². The molecule has 0 bridgehead atoms. The zero-order valence-corrected chi connectivity index (χ0v) is 17.4. The third-order valence-corrected chi connectivity index (χ3v) is 6.41. The summed E-state index contributed by atoms with van der Waals surface area (Å²) in [5.74, 6) is 0.884. The molecule has 0 spiro atoms. The van der Waals surface area contributed by atoms with Crippen molar-refractivity contribution in [3.63, 3.8) is 0 Å². The normalized spacial score (nSPS) is 20.0. The minimum Gasteiger partial charge on any atom is -0.369 e. The molecular formula is C21H30N6S. The molecule has 7 heteroatoms. The lowest BCUT2D eigenvalue weighted by atomic mass is 10.2. The highest BCUT2D eigenvalue weighted by Crippen LogP contribution is 2.24. The second-order valence-electron chi connectivity index (χ2n) is 7.48. The predicted octanol–water partition coefficient (Wildman–Crippen LogP) is 2.73. The van der Waals surface area contributed by atoms with Gasteiger partial charge in [-0.25, -0.2) is 4.98 Å². The number of rotatable bonds is 6. The number of guanidine groups is 1. The van der Waals surface area contributed by atoms with Crippen LogP contribution < -0.4 is 20.4 Å². The first kappa shape index (κ1) is 19.1. The quantitative estimate of drug-likeness (QED) is 0.579. The lowest BCUT2D eigenvalue weighted by Crippen LogP contribution is -2.45. The zero-order chi connectivity index (χ0) is 19.2. The van der Waals surface area contributed by atoms with E-state index in [0.29, 0.717) is 6.04 Å². The highest BCUT2D eigenvalue weighted by Gasteiger charge is 2.23. The largest absolute Gasteiger partial charge is 0.369 e. The van der Waals surface area contributed by atoms with Crippen LogP contribution in [0.2, 0.25) is 0 Å². The van der Waals surface area contributed by atoms with E-state index in [-0.39, 0.29) is 0 Å². The number of hydrogen-bond donors (Lipinski definition) is 2. The van der Waals surface area contributed by atoms with Gasteiger partial charge in [0.2, 0.25) is 0 Å². The Balaban J connectivity index is 1.21. The summed E-state index contributed by atoms with van der Waals surface area (Å²) in [6.07, 6.45) is 4.63. The Bertz CT molecular complexity index is 768. The van der Waals surface area contributed by atoms with Crippen LogP contribution in [0, 0.1) is 0 Å². The van der Waals surface area contributed by atoms with E-state index in [9.17, 15) is 0 Å². The molecule has 1 aromatic carbocycles. The molecule has 150 valence electrons. The molecule has 3 heterocycles. The molecule has 1 atom stereocenters. The first-order chi connectivity index (χ1) is 13.8. The summed E-state index contributed by atoms with van der Waals surface area (Å²) in [5.41, 5.74) is 2.47. The summed E-state index contributed by atoms with van der Waals surface area (Å²) < 4.78 is 0. The molecular weight excluding hydrogens is 368 g/mol. The highest BCUT2D eigenvalue weighted by atomic mass is 32.1. The molecule has 2 saturated heterocycles. The number of hydrogen-bond acceptors (Lipinski definition) is 5. The number of thiazole rings is 1. The van der Waals surface area contributed by atoms with Crippen molar-refractivity contribution < 1.29 is 0 Å². The molecule has 2 aromatic rings. The molecule has 4 rings (SSSR count). The molecule has 2 aliphatic rings. The first-order valence-corrected chi connectivity index (χ1v) is 11.2. The molecule has 0 amide bonds. The number of para-hydroxylation sites is 1. The van der Waals surface area contributed by atoms with Crippen LogP contribution in [0.3, 0.4) is 0 Å². The third-order valence-electron chi connectivity index (χ3n) is 5.46. The summed E-state index contributed by atoms with van der Waals surface area (Å²) in [7, 11) is 1.84. The summed E-state index contributed by atoms with van der Waals surface area (Å²) in [4.78, 5) is 14.0. The molecule has 2 fully saturated rings. The molecule has 6 nitrogen and oxygen atoms in total. The maximum atomic E-state index is 4.80. The number of anilines is 2. The van der Waals surface area contributed by atoms with Crippen LogP contribution in [-0.2, 0) is 6.42 Å². The van der Waals surface area contributed by atoms with Gasteiger partial charge < -0.3 is 20.4 Å². The average molecular weight is 399 g/mol. The zero-order valence-electron chi connectivity index (χ0n) is 16.6. The maximum Gasteiger partial charge on any atom is 0.191 e. The van der Waals surface area contributed by atoms with Crippen molar-refractivity contribution in [3.8, 4) is 0 Å². The predicted molar refractivity (Wildman–Crippen MR) is 119 cm³/mol. The van der Waals surface area contributed by atoms with Gasteiger partial charge in [0.25, 0.3) is 0 Å². The second kappa shape index (κ2) is 9.28. The molecule has 0 radical (unpaired) electrons. The molecule has 2 aliphatic heterocycles. The minimum atomic E-state index is 0.424. The monoisotopic (exact) mass is 398 g/mol. The van der Waals surface area contributed by atoms with Crippen molar-refractivity contribution in [2.45, 2.75) is 31.7 Å². The van der Waals surface area contributed by atoms with E-state index in [1.165, 1.54) is 29.4 Å². The van der Waals surface area contributed by atoms with E-state index in [0.717, 1.165) is 51.5 Å². The lowest BCUT2D eigenvalue weighted by molar-refractivity contribution is 0.648. The van der Waals surface area contributed by atoms with Gasteiger partial charge in [-0.15, -0.1) is 11.3 Å². The van der Waals surface area contributed by atoms with Crippen LogP contribution >= 0.6 is 11.3 Å². The SMILES string of the molecule is CN=C(NCCc1csc(N2CCCC2)n1)NC1CCN(c2ccccc2)C1.